The molecule has 0 fully saturated rings. The molecule has 1 aliphatic rings. The Labute approximate surface area is 131 Å². The van der Waals surface area contributed by atoms with Crippen molar-refractivity contribution in [3.05, 3.63) is 0 Å². The van der Waals surface area contributed by atoms with Gasteiger partial charge in [-0.25, -0.2) is 0 Å². The minimum atomic E-state index is 0.259. The third-order valence-corrected chi connectivity index (χ3v) is 4.24. The maximum absolute atomic E-state index is 11.9. The van der Waals surface area contributed by atoms with Crippen LogP contribution in [0.25, 0.3) is 0 Å². The predicted octanol–water partition coefficient (Wildman–Crippen LogP) is 4.60. The fourth-order valence-corrected chi connectivity index (χ4v) is 2.87. The summed E-state index contributed by atoms with van der Waals surface area (Å²) >= 11 is 0. The number of rotatable bonds is 11. The normalized spacial score (nSPS) is 16.0. The number of hydrogen-bond donors (Lipinski definition) is 0. The Morgan fingerprint density at radius 1 is 1.00 bits per heavy atom. The average Bonchev–Trinajstić information content (AvgIpc) is 2.47. The maximum Gasteiger partial charge on any atom is 0.227 e. The van der Waals surface area contributed by atoms with E-state index in [0.717, 1.165) is 26.1 Å². The second-order valence-electron chi connectivity index (χ2n) is 6.21. The van der Waals surface area contributed by atoms with Crippen molar-refractivity contribution in [2.24, 2.45) is 4.99 Å². The van der Waals surface area contributed by atoms with E-state index < -0.39 is 0 Å². The Balaban J connectivity index is 1.93. The van der Waals surface area contributed by atoms with Gasteiger partial charge in [-0.3, -0.25) is 9.79 Å². The summed E-state index contributed by atoms with van der Waals surface area (Å²) in [6, 6.07) is 0. The van der Waals surface area contributed by atoms with Crippen LogP contribution in [0.3, 0.4) is 0 Å². The van der Waals surface area contributed by atoms with Crippen molar-refractivity contribution >= 4 is 12.1 Å². The molecule has 21 heavy (non-hydrogen) atoms. The third kappa shape index (κ3) is 9.65. The van der Waals surface area contributed by atoms with Crippen molar-refractivity contribution in [2.45, 2.75) is 84.0 Å². The van der Waals surface area contributed by atoms with Gasteiger partial charge in [-0.1, -0.05) is 64.7 Å². The fraction of sp³-hybridized carbons (Fsp3) is 0.889. The molecule has 1 rings (SSSR count). The monoisotopic (exact) mass is 294 g/mol. The predicted molar refractivity (Wildman–Crippen MR) is 91.0 cm³/mol. The van der Waals surface area contributed by atoms with Gasteiger partial charge in [-0.2, -0.15) is 0 Å². The van der Waals surface area contributed by atoms with Crippen molar-refractivity contribution in [1.29, 1.82) is 0 Å². The van der Waals surface area contributed by atoms with Crippen LogP contribution in [0.15, 0.2) is 4.99 Å². The molecule has 1 aliphatic heterocycles. The quantitative estimate of drug-likeness (QED) is 0.513. The number of carbonyl (C=O) groups excluding carboxylic acids is 1. The van der Waals surface area contributed by atoms with E-state index in [1.165, 1.54) is 64.2 Å². The number of amides is 1. The van der Waals surface area contributed by atoms with Crippen molar-refractivity contribution in [1.82, 2.24) is 4.90 Å². The lowest BCUT2D eigenvalue weighted by atomic mass is 10.1. The van der Waals surface area contributed by atoms with Crippen LogP contribution in [0.1, 0.15) is 84.0 Å². The molecule has 1 heterocycles. The molecule has 3 nitrogen and oxygen atoms in total. The molecule has 0 aromatic carbocycles. The van der Waals surface area contributed by atoms with Gasteiger partial charge in [0.15, 0.2) is 0 Å². The summed E-state index contributed by atoms with van der Waals surface area (Å²) < 4.78 is 0. The molecule has 0 saturated carbocycles. The van der Waals surface area contributed by atoms with Crippen LogP contribution in [-0.4, -0.2) is 36.7 Å². The second kappa shape index (κ2) is 12.8. The Kier molecular flexibility index (Phi) is 11.1. The van der Waals surface area contributed by atoms with Crippen molar-refractivity contribution in [2.75, 3.05) is 19.6 Å². The van der Waals surface area contributed by atoms with Gasteiger partial charge in [-0.05, 0) is 12.8 Å². The summed E-state index contributed by atoms with van der Waals surface area (Å²) in [5.41, 5.74) is 0. The molecule has 0 aliphatic carbocycles. The zero-order valence-corrected chi connectivity index (χ0v) is 14.0. The lowest BCUT2D eigenvalue weighted by Crippen LogP contribution is -2.34. The minimum Gasteiger partial charge on any atom is -0.342 e. The zero-order chi connectivity index (χ0) is 15.2. The van der Waals surface area contributed by atoms with E-state index in [9.17, 15) is 4.79 Å². The molecule has 0 aromatic rings. The molecule has 0 spiro atoms. The van der Waals surface area contributed by atoms with Gasteiger partial charge in [0.05, 0.1) is 6.42 Å². The molecule has 0 bridgehead atoms. The van der Waals surface area contributed by atoms with Gasteiger partial charge in [0.1, 0.15) is 0 Å². The molecule has 3 heteroatoms. The maximum atomic E-state index is 11.9. The van der Waals surface area contributed by atoms with Crippen molar-refractivity contribution < 1.29 is 4.79 Å². The molecule has 0 radical (unpaired) electrons. The summed E-state index contributed by atoms with van der Waals surface area (Å²) in [5, 5.41) is 0. The molecule has 0 unspecified atom stereocenters. The first-order valence-electron chi connectivity index (χ1n) is 9.10. The van der Waals surface area contributed by atoms with Gasteiger partial charge in [0.25, 0.3) is 0 Å². The van der Waals surface area contributed by atoms with E-state index in [2.05, 4.69) is 11.9 Å². The van der Waals surface area contributed by atoms with Crippen LogP contribution < -0.4 is 0 Å². The topological polar surface area (TPSA) is 32.7 Å². The Morgan fingerprint density at radius 2 is 1.62 bits per heavy atom. The van der Waals surface area contributed by atoms with Gasteiger partial charge < -0.3 is 4.90 Å². The summed E-state index contributed by atoms with van der Waals surface area (Å²) in [7, 11) is 0. The molecule has 122 valence electrons. The highest BCUT2D eigenvalue weighted by Crippen LogP contribution is 2.11. The summed E-state index contributed by atoms with van der Waals surface area (Å²) in [4.78, 5) is 18.1. The summed E-state index contributed by atoms with van der Waals surface area (Å²) in [6.07, 6.45) is 16.8. The van der Waals surface area contributed by atoms with E-state index in [0.29, 0.717) is 6.42 Å². The van der Waals surface area contributed by atoms with Crippen LogP contribution in [-0.2, 0) is 4.79 Å². The minimum absolute atomic E-state index is 0.259. The highest BCUT2D eigenvalue weighted by molar-refractivity contribution is 5.90. The highest BCUT2D eigenvalue weighted by atomic mass is 16.2. The average molecular weight is 294 g/mol. The van der Waals surface area contributed by atoms with E-state index in [4.69, 9.17) is 0 Å². The van der Waals surface area contributed by atoms with Crippen LogP contribution in [0.2, 0.25) is 0 Å². The van der Waals surface area contributed by atoms with E-state index in [1.807, 2.05) is 4.90 Å². The van der Waals surface area contributed by atoms with Crippen LogP contribution >= 0.6 is 0 Å². The first kappa shape index (κ1) is 18.2. The molecule has 0 saturated heterocycles. The molecule has 0 aromatic heterocycles. The zero-order valence-electron chi connectivity index (χ0n) is 14.0. The molecular weight excluding hydrogens is 260 g/mol. The van der Waals surface area contributed by atoms with Crippen LogP contribution in [0, 0.1) is 0 Å². The number of nitrogens with zero attached hydrogens (tertiary/aromatic N) is 2. The molecule has 0 N–H and O–H groups in total. The van der Waals surface area contributed by atoms with Crippen LogP contribution in [0.4, 0.5) is 0 Å². The Morgan fingerprint density at radius 3 is 2.29 bits per heavy atom. The lowest BCUT2D eigenvalue weighted by Gasteiger charge is -2.23. The third-order valence-electron chi connectivity index (χ3n) is 4.24. The van der Waals surface area contributed by atoms with Gasteiger partial charge >= 0.3 is 0 Å². The SMILES string of the molecule is CCCCCCCCCCCCN1CCCN=CCC1=O. The number of hydrogen-bond acceptors (Lipinski definition) is 2. The summed E-state index contributed by atoms with van der Waals surface area (Å²) in [5.74, 6) is 0.259. The van der Waals surface area contributed by atoms with Gasteiger partial charge in [0.2, 0.25) is 5.91 Å². The highest BCUT2D eigenvalue weighted by Gasteiger charge is 2.12. The van der Waals surface area contributed by atoms with E-state index >= 15 is 0 Å². The van der Waals surface area contributed by atoms with Gasteiger partial charge in [0, 0.05) is 25.8 Å². The second-order valence-corrected chi connectivity index (χ2v) is 6.21. The van der Waals surface area contributed by atoms with E-state index in [-0.39, 0.29) is 5.91 Å². The molecular formula is C18H34N2O. The number of aliphatic imine (C=N–C) groups is 1. The number of unbranched alkanes of at least 4 members (excludes halogenated alkanes) is 9. The Hall–Kier alpha value is -0.860. The molecule has 0 atom stereocenters. The largest absolute Gasteiger partial charge is 0.342 e. The fourth-order valence-electron chi connectivity index (χ4n) is 2.87. The standard InChI is InChI=1S/C18H34N2O/c1-2-3-4-5-6-7-8-9-10-11-16-20-17-12-14-19-15-13-18(20)21/h15H,2-14,16-17H2,1H3. The Bertz CT molecular complexity index is 289. The van der Waals surface area contributed by atoms with Gasteiger partial charge in [-0.15, -0.1) is 0 Å². The van der Waals surface area contributed by atoms with Crippen molar-refractivity contribution in [3.63, 3.8) is 0 Å². The summed E-state index contributed by atoms with van der Waals surface area (Å²) in [6.45, 7) is 4.99. The van der Waals surface area contributed by atoms with Crippen LogP contribution in [0.5, 0.6) is 0 Å². The van der Waals surface area contributed by atoms with E-state index in [1.54, 1.807) is 6.21 Å². The van der Waals surface area contributed by atoms with Crippen molar-refractivity contribution in [3.8, 4) is 0 Å². The smallest absolute Gasteiger partial charge is 0.227 e. The first-order chi connectivity index (χ1) is 10.3. The molecule has 1 amide bonds. The lowest BCUT2D eigenvalue weighted by molar-refractivity contribution is -0.130. The first-order valence-corrected chi connectivity index (χ1v) is 9.10. The number of carbonyl (C=O) groups is 1.